The third kappa shape index (κ3) is 9.99. The van der Waals surface area contributed by atoms with E-state index in [2.05, 4.69) is 27.7 Å². The molecule has 0 aliphatic heterocycles. The quantitative estimate of drug-likeness (QED) is 0.366. The third-order valence-electron chi connectivity index (χ3n) is 5.60. The summed E-state index contributed by atoms with van der Waals surface area (Å²) in [6, 6.07) is 14.9. The smallest absolute Gasteiger partial charge is 0.415 e. The van der Waals surface area contributed by atoms with Crippen LogP contribution in [-0.4, -0.2) is 54.5 Å². The number of carboxylic acid groups (broad SMARTS) is 1. The molecule has 0 bridgehead atoms. The molecule has 35 heavy (non-hydrogen) atoms. The van der Waals surface area contributed by atoms with Crippen LogP contribution in [0.5, 0.6) is 11.5 Å². The van der Waals surface area contributed by atoms with Gasteiger partial charge in [0.15, 0.2) is 6.10 Å². The summed E-state index contributed by atoms with van der Waals surface area (Å²) < 4.78 is 16.7. The van der Waals surface area contributed by atoms with Gasteiger partial charge < -0.3 is 24.2 Å². The van der Waals surface area contributed by atoms with Crippen LogP contribution in [0.3, 0.4) is 0 Å². The lowest BCUT2D eigenvalue weighted by atomic mass is 10.0. The van der Waals surface area contributed by atoms with Crippen molar-refractivity contribution in [2.75, 3.05) is 26.3 Å². The highest BCUT2D eigenvalue weighted by atomic mass is 16.6. The van der Waals surface area contributed by atoms with Crippen LogP contribution in [0, 0.1) is 5.92 Å². The van der Waals surface area contributed by atoms with Crippen molar-refractivity contribution in [1.29, 1.82) is 0 Å². The second-order valence-corrected chi connectivity index (χ2v) is 9.24. The van der Waals surface area contributed by atoms with Crippen molar-refractivity contribution in [2.45, 2.75) is 59.5 Å². The molecule has 0 heterocycles. The number of carbonyl (C=O) groups is 2. The topological polar surface area (TPSA) is 85.3 Å². The molecule has 7 heteroatoms. The number of ether oxygens (including phenoxy) is 3. The maximum atomic E-state index is 12.8. The fourth-order valence-corrected chi connectivity index (χ4v) is 3.42. The van der Waals surface area contributed by atoms with E-state index < -0.39 is 18.2 Å². The highest BCUT2D eigenvalue weighted by molar-refractivity contribution is 5.72. The van der Waals surface area contributed by atoms with E-state index in [9.17, 15) is 14.7 Å². The second-order valence-electron chi connectivity index (χ2n) is 9.24. The van der Waals surface area contributed by atoms with Gasteiger partial charge in [0.1, 0.15) is 18.1 Å². The molecule has 0 aliphatic rings. The maximum Gasteiger partial charge on any atom is 0.415 e. The summed E-state index contributed by atoms with van der Waals surface area (Å²) >= 11 is 0. The van der Waals surface area contributed by atoms with Crippen LogP contribution in [0.4, 0.5) is 4.79 Å². The van der Waals surface area contributed by atoms with Gasteiger partial charge in [0, 0.05) is 19.6 Å². The summed E-state index contributed by atoms with van der Waals surface area (Å²) in [5.74, 6) is 1.07. The van der Waals surface area contributed by atoms with E-state index in [1.807, 2.05) is 36.4 Å². The van der Waals surface area contributed by atoms with E-state index in [-0.39, 0.29) is 6.42 Å². The second kappa shape index (κ2) is 14.4. The molecule has 0 fully saturated rings. The van der Waals surface area contributed by atoms with E-state index in [0.717, 1.165) is 12.0 Å². The molecule has 2 aromatic carbocycles. The van der Waals surface area contributed by atoms with Gasteiger partial charge in [-0.25, -0.2) is 9.59 Å². The Balaban J connectivity index is 1.92. The van der Waals surface area contributed by atoms with E-state index in [4.69, 9.17) is 14.2 Å². The lowest BCUT2D eigenvalue weighted by molar-refractivity contribution is -0.149. The van der Waals surface area contributed by atoms with Crippen LogP contribution in [0.25, 0.3) is 0 Å². The van der Waals surface area contributed by atoms with E-state index in [0.29, 0.717) is 49.6 Å². The van der Waals surface area contributed by atoms with Crippen LogP contribution in [0.1, 0.15) is 58.1 Å². The minimum atomic E-state index is -0.976. The van der Waals surface area contributed by atoms with Gasteiger partial charge in [-0.1, -0.05) is 52.0 Å². The number of rotatable bonds is 14. The fraction of sp³-hybridized carbons (Fsp3) is 0.500. The number of carboxylic acids is 1. The normalized spacial score (nSPS) is 12.0. The van der Waals surface area contributed by atoms with Crippen molar-refractivity contribution < 1.29 is 28.9 Å². The van der Waals surface area contributed by atoms with E-state index >= 15 is 0 Å². The molecule has 192 valence electrons. The molecule has 1 amide bonds. The first kappa shape index (κ1) is 28.2. The minimum Gasteiger partial charge on any atom is -0.492 e. The maximum absolute atomic E-state index is 12.8. The third-order valence-corrected chi connectivity index (χ3v) is 5.60. The van der Waals surface area contributed by atoms with E-state index in [1.54, 1.807) is 24.0 Å². The first-order valence-corrected chi connectivity index (χ1v) is 12.3. The SMILES string of the molecule is CCOC(Cc1ccc(OCCN(CCC(C)C)C(=O)Oc2ccc(C(C)C)cc2)cc1)C(=O)O. The van der Waals surface area contributed by atoms with Crippen LogP contribution in [0.2, 0.25) is 0 Å². The van der Waals surface area contributed by atoms with Crippen LogP contribution < -0.4 is 9.47 Å². The van der Waals surface area contributed by atoms with Crippen molar-refractivity contribution in [1.82, 2.24) is 4.90 Å². The summed E-state index contributed by atoms with van der Waals surface area (Å²) in [7, 11) is 0. The molecule has 0 aromatic heterocycles. The number of aliphatic carboxylic acids is 1. The van der Waals surface area contributed by atoms with Crippen molar-refractivity contribution in [2.24, 2.45) is 5.92 Å². The lowest BCUT2D eigenvalue weighted by Gasteiger charge is -2.23. The number of hydrogen-bond acceptors (Lipinski definition) is 5. The van der Waals surface area contributed by atoms with Crippen molar-refractivity contribution in [3.63, 3.8) is 0 Å². The molecule has 2 aromatic rings. The molecule has 1 unspecified atom stereocenters. The first-order valence-electron chi connectivity index (χ1n) is 12.3. The molecule has 1 N–H and O–H groups in total. The molecule has 0 saturated heterocycles. The Bertz CT molecular complexity index is 908. The van der Waals surface area contributed by atoms with Gasteiger partial charge in [0.05, 0.1) is 6.54 Å². The fourth-order valence-electron chi connectivity index (χ4n) is 3.42. The van der Waals surface area contributed by atoms with Gasteiger partial charge in [-0.3, -0.25) is 0 Å². The lowest BCUT2D eigenvalue weighted by Crippen LogP contribution is -2.38. The summed E-state index contributed by atoms with van der Waals surface area (Å²) in [6.45, 7) is 11.9. The number of hydrogen-bond donors (Lipinski definition) is 1. The first-order chi connectivity index (χ1) is 16.7. The van der Waals surface area contributed by atoms with Crippen LogP contribution in [0.15, 0.2) is 48.5 Å². The Labute approximate surface area is 209 Å². The zero-order chi connectivity index (χ0) is 25.8. The predicted octanol–water partition coefficient (Wildman–Crippen LogP) is 5.77. The van der Waals surface area contributed by atoms with Gasteiger partial charge in [0.25, 0.3) is 0 Å². The summed E-state index contributed by atoms with van der Waals surface area (Å²) in [5.41, 5.74) is 2.04. The molecular weight excluding hydrogens is 446 g/mol. The standard InChI is InChI=1S/C28H39NO6/c1-6-33-26(27(30)31)19-22-7-11-24(12-8-22)34-18-17-29(16-15-20(2)3)28(32)35-25-13-9-23(10-14-25)21(4)5/h7-14,20-21,26H,6,15-19H2,1-5H3,(H,30,31). The Morgan fingerprint density at radius 1 is 0.914 bits per heavy atom. The molecule has 0 saturated carbocycles. The predicted molar refractivity (Wildman–Crippen MR) is 136 cm³/mol. The monoisotopic (exact) mass is 485 g/mol. The minimum absolute atomic E-state index is 0.288. The highest BCUT2D eigenvalue weighted by Crippen LogP contribution is 2.20. The zero-order valence-electron chi connectivity index (χ0n) is 21.5. The summed E-state index contributed by atoms with van der Waals surface area (Å²) in [5, 5.41) is 9.25. The molecule has 7 nitrogen and oxygen atoms in total. The molecule has 1 atom stereocenters. The van der Waals surface area contributed by atoms with Crippen LogP contribution >= 0.6 is 0 Å². The average molecular weight is 486 g/mol. The number of nitrogens with zero attached hydrogens (tertiary/aromatic N) is 1. The Kier molecular flexibility index (Phi) is 11.6. The number of carbonyl (C=O) groups excluding carboxylic acids is 1. The van der Waals surface area contributed by atoms with Gasteiger partial charge in [-0.05, 0) is 60.6 Å². The summed E-state index contributed by atoms with van der Waals surface area (Å²) in [4.78, 5) is 25.8. The summed E-state index contributed by atoms with van der Waals surface area (Å²) in [6.07, 6.45) is -0.108. The largest absolute Gasteiger partial charge is 0.492 e. The Morgan fingerprint density at radius 2 is 1.54 bits per heavy atom. The highest BCUT2D eigenvalue weighted by Gasteiger charge is 2.19. The zero-order valence-corrected chi connectivity index (χ0v) is 21.5. The molecule has 0 radical (unpaired) electrons. The molecule has 0 aliphatic carbocycles. The van der Waals surface area contributed by atoms with Crippen molar-refractivity contribution in [3.05, 3.63) is 59.7 Å². The number of amides is 1. The molecule has 2 rings (SSSR count). The Hall–Kier alpha value is -3.06. The van der Waals surface area contributed by atoms with Crippen molar-refractivity contribution >= 4 is 12.1 Å². The van der Waals surface area contributed by atoms with E-state index in [1.165, 1.54) is 5.56 Å². The van der Waals surface area contributed by atoms with Crippen LogP contribution in [-0.2, 0) is 16.0 Å². The van der Waals surface area contributed by atoms with Gasteiger partial charge in [0.2, 0.25) is 0 Å². The Morgan fingerprint density at radius 3 is 2.09 bits per heavy atom. The average Bonchev–Trinajstić information content (AvgIpc) is 2.82. The van der Waals surface area contributed by atoms with Gasteiger partial charge in [-0.2, -0.15) is 0 Å². The molecule has 0 spiro atoms. The molecular formula is C28H39NO6. The van der Waals surface area contributed by atoms with Crippen molar-refractivity contribution in [3.8, 4) is 11.5 Å². The van der Waals surface area contributed by atoms with Gasteiger partial charge in [-0.15, -0.1) is 0 Å². The number of benzene rings is 2. The van der Waals surface area contributed by atoms with Gasteiger partial charge >= 0.3 is 12.1 Å².